The number of likely N-dealkylation sites (tertiary alicyclic amines) is 1. The molecule has 0 bridgehead atoms. The number of hydrogen-bond acceptors (Lipinski definition) is 3. The molecule has 1 unspecified atom stereocenters. The van der Waals surface area contributed by atoms with E-state index in [1.165, 1.54) is 11.1 Å². The number of benzene rings is 1. The summed E-state index contributed by atoms with van der Waals surface area (Å²) in [5.41, 5.74) is 4.70. The zero-order valence-corrected chi connectivity index (χ0v) is 16.9. The number of carbonyl (C=O) groups excluding carboxylic acids is 1. The summed E-state index contributed by atoms with van der Waals surface area (Å²) in [5.74, 6) is 1.52. The van der Waals surface area contributed by atoms with Crippen LogP contribution in [0.25, 0.3) is 0 Å². The predicted octanol–water partition coefficient (Wildman–Crippen LogP) is 4.35. The van der Waals surface area contributed by atoms with Crippen molar-refractivity contribution in [3.8, 4) is 5.75 Å². The molecule has 0 saturated carbocycles. The van der Waals surface area contributed by atoms with Crippen molar-refractivity contribution in [2.45, 2.75) is 46.0 Å². The second-order valence-electron chi connectivity index (χ2n) is 7.84. The Morgan fingerprint density at radius 3 is 2.63 bits per heavy atom. The minimum absolute atomic E-state index is 0.0554. The van der Waals surface area contributed by atoms with Crippen molar-refractivity contribution in [1.82, 2.24) is 9.88 Å². The number of ether oxygens (including phenoxy) is 1. The maximum Gasteiger partial charge on any atom is 0.225 e. The number of rotatable bonds is 5. The Hall–Kier alpha value is -2.36. The molecule has 1 saturated heterocycles. The van der Waals surface area contributed by atoms with Crippen LogP contribution in [0.3, 0.4) is 0 Å². The van der Waals surface area contributed by atoms with E-state index in [1.54, 1.807) is 7.11 Å². The summed E-state index contributed by atoms with van der Waals surface area (Å²) >= 11 is 0. The number of piperidine rings is 1. The minimum atomic E-state index is 0.0554. The topological polar surface area (TPSA) is 42.4 Å². The minimum Gasteiger partial charge on any atom is -0.497 e. The number of pyridine rings is 1. The van der Waals surface area contributed by atoms with Crippen LogP contribution >= 0.6 is 0 Å². The number of nitrogens with zero attached hydrogens (tertiary/aromatic N) is 2. The first kappa shape index (κ1) is 19.4. The van der Waals surface area contributed by atoms with E-state index in [1.807, 2.05) is 30.9 Å². The fourth-order valence-electron chi connectivity index (χ4n) is 3.84. The quantitative estimate of drug-likeness (QED) is 0.790. The summed E-state index contributed by atoms with van der Waals surface area (Å²) in [4.78, 5) is 19.2. The fourth-order valence-corrected chi connectivity index (χ4v) is 3.84. The molecule has 1 aliphatic rings. The van der Waals surface area contributed by atoms with Crippen molar-refractivity contribution in [1.29, 1.82) is 0 Å². The summed E-state index contributed by atoms with van der Waals surface area (Å²) in [5, 5.41) is 0. The van der Waals surface area contributed by atoms with E-state index in [9.17, 15) is 4.79 Å². The molecule has 0 radical (unpaired) electrons. The van der Waals surface area contributed by atoms with Gasteiger partial charge in [0.15, 0.2) is 0 Å². The molecule has 144 valence electrons. The molecular formula is C23H30N2O2. The SMILES string of the molecule is COc1ccc(Cc2cc(C)nc(C3CCCN(C(=O)C(C)C)C3)c2)cc1. The van der Waals surface area contributed by atoms with Gasteiger partial charge in [0.1, 0.15) is 5.75 Å². The van der Waals surface area contributed by atoms with Crippen molar-refractivity contribution in [3.63, 3.8) is 0 Å². The van der Waals surface area contributed by atoms with E-state index in [-0.39, 0.29) is 11.8 Å². The molecule has 4 heteroatoms. The maximum atomic E-state index is 12.4. The van der Waals surface area contributed by atoms with Crippen molar-refractivity contribution in [2.24, 2.45) is 5.92 Å². The molecule has 4 nitrogen and oxygen atoms in total. The number of carbonyl (C=O) groups is 1. The van der Waals surface area contributed by atoms with E-state index in [2.05, 4.69) is 31.2 Å². The van der Waals surface area contributed by atoms with Crippen LogP contribution in [0.2, 0.25) is 0 Å². The molecule has 1 aliphatic heterocycles. The van der Waals surface area contributed by atoms with Gasteiger partial charge in [-0.1, -0.05) is 26.0 Å². The number of methoxy groups -OCH3 is 1. The molecule has 1 aromatic heterocycles. The lowest BCUT2D eigenvalue weighted by molar-refractivity contribution is -0.135. The Morgan fingerprint density at radius 2 is 1.96 bits per heavy atom. The molecular weight excluding hydrogens is 336 g/mol. The van der Waals surface area contributed by atoms with E-state index in [0.29, 0.717) is 5.92 Å². The Bertz CT molecular complexity index is 783. The van der Waals surface area contributed by atoms with Gasteiger partial charge in [0.2, 0.25) is 5.91 Å². The number of amides is 1. The molecule has 1 fully saturated rings. The molecule has 3 rings (SSSR count). The van der Waals surface area contributed by atoms with E-state index < -0.39 is 0 Å². The molecule has 27 heavy (non-hydrogen) atoms. The first-order valence-electron chi connectivity index (χ1n) is 9.85. The van der Waals surface area contributed by atoms with Crippen LogP contribution < -0.4 is 4.74 Å². The Labute approximate surface area is 162 Å². The summed E-state index contributed by atoms with van der Waals surface area (Å²) in [6.07, 6.45) is 3.02. The fraction of sp³-hybridized carbons (Fsp3) is 0.478. The largest absolute Gasteiger partial charge is 0.497 e. The summed E-state index contributed by atoms with van der Waals surface area (Å²) in [6, 6.07) is 12.6. The average Bonchev–Trinajstić information content (AvgIpc) is 2.67. The Kier molecular flexibility index (Phi) is 6.15. The molecule has 1 amide bonds. The number of hydrogen-bond donors (Lipinski definition) is 0. The van der Waals surface area contributed by atoms with E-state index in [0.717, 1.165) is 49.5 Å². The molecule has 2 aromatic rings. The Balaban J connectivity index is 1.77. The third kappa shape index (κ3) is 4.88. The lowest BCUT2D eigenvalue weighted by atomic mass is 9.91. The van der Waals surface area contributed by atoms with Gasteiger partial charge in [0.05, 0.1) is 7.11 Å². The molecule has 0 N–H and O–H groups in total. The zero-order chi connectivity index (χ0) is 19.4. The van der Waals surface area contributed by atoms with Gasteiger partial charge in [-0.2, -0.15) is 0 Å². The summed E-state index contributed by atoms with van der Waals surface area (Å²) < 4.78 is 5.24. The van der Waals surface area contributed by atoms with Gasteiger partial charge < -0.3 is 9.64 Å². The third-order valence-electron chi connectivity index (χ3n) is 5.25. The maximum absolute atomic E-state index is 12.4. The van der Waals surface area contributed by atoms with Gasteiger partial charge in [0, 0.05) is 36.3 Å². The van der Waals surface area contributed by atoms with Gasteiger partial charge in [0.25, 0.3) is 0 Å². The van der Waals surface area contributed by atoms with Crippen LogP contribution in [0, 0.1) is 12.8 Å². The second kappa shape index (κ2) is 8.55. The second-order valence-corrected chi connectivity index (χ2v) is 7.84. The van der Waals surface area contributed by atoms with Crippen molar-refractivity contribution < 1.29 is 9.53 Å². The third-order valence-corrected chi connectivity index (χ3v) is 5.25. The average molecular weight is 367 g/mol. The normalized spacial score (nSPS) is 17.2. The van der Waals surface area contributed by atoms with Crippen LogP contribution in [0.1, 0.15) is 55.1 Å². The highest BCUT2D eigenvalue weighted by Gasteiger charge is 2.27. The van der Waals surface area contributed by atoms with Crippen LogP contribution in [0.15, 0.2) is 36.4 Å². The Morgan fingerprint density at radius 1 is 1.22 bits per heavy atom. The highest BCUT2D eigenvalue weighted by Crippen LogP contribution is 2.28. The summed E-state index contributed by atoms with van der Waals surface area (Å²) in [6.45, 7) is 7.67. The molecule has 2 heterocycles. The molecule has 0 spiro atoms. The lowest BCUT2D eigenvalue weighted by Gasteiger charge is -2.34. The predicted molar refractivity (Wildman–Crippen MR) is 108 cm³/mol. The van der Waals surface area contributed by atoms with Crippen LogP contribution in [-0.4, -0.2) is 36.0 Å². The lowest BCUT2D eigenvalue weighted by Crippen LogP contribution is -2.41. The van der Waals surface area contributed by atoms with Gasteiger partial charge in [-0.05, 0) is 61.6 Å². The van der Waals surface area contributed by atoms with Crippen LogP contribution in [-0.2, 0) is 11.2 Å². The van der Waals surface area contributed by atoms with Crippen LogP contribution in [0.4, 0.5) is 0 Å². The van der Waals surface area contributed by atoms with E-state index in [4.69, 9.17) is 9.72 Å². The smallest absolute Gasteiger partial charge is 0.225 e. The monoisotopic (exact) mass is 366 g/mol. The van der Waals surface area contributed by atoms with Gasteiger partial charge >= 0.3 is 0 Å². The standard InChI is InChI=1S/C23H30N2O2/c1-16(2)23(26)25-11-5-6-20(15-25)22-14-19(12-17(3)24-22)13-18-7-9-21(27-4)10-8-18/h7-10,12,14,16,20H,5-6,11,13,15H2,1-4H3. The molecule has 0 aliphatic carbocycles. The highest BCUT2D eigenvalue weighted by atomic mass is 16.5. The van der Waals surface area contributed by atoms with E-state index >= 15 is 0 Å². The zero-order valence-electron chi connectivity index (χ0n) is 16.9. The first-order valence-corrected chi connectivity index (χ1v) is 9.85. The van der Waals surface area contributed by atoms with Gasteiger partial charge in [-0.3, -0.25) is 9.78 Å². The van der Waals surface area contributed by atoms with Crippen LogP contribution in [0.5, 0.6) is 5.75 Å². The van der Waals surface area contributed by atoms with Gasteiger partial charge in [-0.15, -0.1) is 0 Å². The number of aromatic nitrogens is 1. The van der Waals surface area contributed by atoms with Gasteiger partial charge in [-0.25, -0.2) is 0 Å². The number of aryl methyl sites for hydroxylation is 1. The first-order chi connectivity index (χ1) is 13.0. The molecule has 1 atom stereocenters. The molecule has 1 aromatic carbocycles. The summed E-state index contributed by atoms with van der Waals surface area (Å²) in [7, 11) is 1.69. The van der Waals surface area contributed by atoms with Crippen molar-refractivity contribution in [2.75, 3.05) is 20.2 Å². The van der Waals surface area contributed by atoms with Crippen molar-refractivity contribution in [3.05, 3.63) is 58.9 Å². The highest BCUT2D eigenvalue weighted by molar-refractivity contribution is 5.78. The van der Waals surface area contributed by atoms with Crippen molar-refractivity contribution >= 4 is 5.91 Å².